The van der Waals surface area contributed by atoms with E-state index in [1.54, 1.807) is 0 Å². The summed E-state index contributed by atoms with van der Waals surface area (Å²) in [4.78, 5) is 36.1. The van der Waals surface area contributed by atoms with Gasteiger partial charge in [0.25, 0.3) is 5.09 Å². The largest absolute Gasteiger partial charge is 0.462 e. The molecule has 0 rings (SSSR count). The Hall–Kier alpha value is -2.12. The lowest BCUT2D eigenvalue weighted by Gasteiger charge is -2.05. The quantitative estimate of drug-likeness (QED) is 0.205. The third kappa shape index (κ3) is 12.1. The summed E-state index contributed by atoms with van der Waals surface area (Å²) in [5.74, 6) is -0.892. The molecule has 0 heterocycles. The summed E-state index contributed by atoms with van der Waals surface area (Å²) in [6, 6.07) is 0. The van der Waals surface area contributed by atoms with Crippen LogP contribution in [0.1, 0.15) is 26.2 Å². The molecule has 108 valence electrons. The van der Waals surface area contributed by atoms with Crippen molar-refractivity contribution >= 4 is 11.9 Å². The predicted octanol–water partition coefficient (Wildman–Crippen LogP) is 0.601. The number of esters is 1. The fourth-order valence-electron chi connectivity index (χ4n) is 1.12. The fourth-order valence-corrected chi connectivity index (χ4v) is 1.12. The van der Waals surface area contributed by atoms with E-state index in [1.165, 1.54) is 0 Å². The van der Waals surface area contributed by atoms with Crippen LogP contribution in [0, 0.1) is 10.1 Å². The molecule has 0 bridgehead atoms. The van der Waals surface area contributed by atoms with Crippen molar-refractivity contribution in [3.05, 3.63) is 22.3 Å². The van der Waals surface area contributed by atoms with Crippen LogP contribution in [-0.2, 0) is 19.2 Å². The zero-order valence-corrected chi connectivity index (χ0v) is 10.8. The van der Waals surface area contributed by atoms with Gasteiger partial charge in [-0.2, -0.15) is 0 Å². The van der Waals surface area contributed by atoms with Gasteiger partial charge in [-0.1, -0.05) is 12.2 Å². The number of unbranched alkanes of at least 4 members (excludes halogenated alkanes) is 1. The Morgan fingerprint density at radius 2 is 2.11 bits per heavy atom. The normalized spacial score (nSPS) is 10.2. The fraction of sp³-hybridized carbons (Fsp3) is 0.636. The highest BCUT2D eigenvalue weighted by molar-refractivity contribution is 5.81. The van der Waals surface area contributed by atoms with Crippen LogP contribution < -0.4 is 5.32 Å². The van der Waals surface area contributed by atoms with Gasteiger partial charge in [-0.15, -0.1) is 10.1 Å². The molecule has 1 N–H and O–H groups in total. The van der Waals surface area contributed by atoms with Crippen LogP contribution in [0.5, 0.6) is 0 Å². The van der Waals surface area contributed by atoms with Crippen molar-refractivity contribution in [2.24, 2.45) is 0 Å². The topological polar surface area (TPSA) is 108 Å². The number of nitrogens with zero attached hydrogens (tertiary/aromatic N) is 1. The molecule has 0 aromatic carbocycles. The van der Waals surface area contributed by atoms with Gasteiger partial charge in [0.15, 0.2) is 0 Å². The van der Waals surface area contributed by atoms with E-state index < -0.39 is 11.1 Å². The maximum atomic E-state index is 11.3. The summed E-state index contributed by atoms with van der Waals surface area (Å²) in [5.41, 5.74) is 0. The number of hydrogen-bond acceptors (Lipinski definition) is 6. The number of hydrogen-bond donors (Lipinski definition) is 1. The van der Waals surface area contributed by atoms with Crippen molar-refractivity contribution in [1.82, 2.24) is 5.32 Å². The number of allylic oxidation sites excluding steroid dienone is 2. The van der Waals surface area contributed by atoms with Gasteiger partial charge in [-0.05, 0) is 19.8 Å². The maximum Gasteiger partial charge on any atom is 0.325 e. The molecule has 8 heteroatoms. The SMILES string of the molecule is C/C=C\CCCC(=O)NCC(=O)OCCO[N+](=O)[O-]. The molecule has 8 nitrogen and oxygen atoms in total. The minimum Gasteiger partial charge on any atom is -0.462 e. The second-order valence-electron chi connectivity index (χ2n) is 3.52. The third-order valence-electron chi connectivity index (χ3n) is 1.98. The molecule has 0 saturated heterocycles. The average molecular weight is 274 g/mol. The predicted molar refractivity (Wildman–Crippen MR) is 65.6 cm³/mol. The first-order valence-corrected chi connectivity index (χ1v) is 5.87. The Balaban J connectivity index is 3.50. The third-order valence-corrected chi connectivity index (χ3v) is 1.98. The number of rotatable bonds is 10. The molecule has 0 radical (unpaired) electrons. The lowest BCUT2D eigenvalue weighted by molar-refractivity contribution is -0.757. The molecule has 0 atom stereocenters. The molecule has 0 aliphatic rings. The molecule has 19 heavy (non-hydrogen) atoms. The van der Waals surface area contributed by atoms with E-state index in [-0.39, 0.29) is 25.7 Å². The zero-order chi connectivity index (χ0) is 14.5. The minimum atomic E-state index is -0.972. The average Bonchev–Trinajstić information content (AvgIpc) is 2.37. The summed E-state index contributed by atoms with van der Waals surface area (Å²) < 4.78 is 4.59. The van der Waals surface area contributed by atoms with Gasteiger partial charge in [0.05, 0.1) is 0 Å². The van der Waals surface area contributed by atoms with E-state index in [1.807, 2.05) is 19.1 Å². The first-order chi connectivity index (χ1) is 9.06. The molecular weight excluding hydrogens is 256 g/mol. The molecule has 0 unspecified atom stereocenters. The smallest absolute Gasteiger partial charge is 0.325 e. The Labute approximate surface area is 110 Å². The summed E-state index contributed by atoms with van der Waals surface area (Å²) >= 11 is 0. The van der Waals surface area contributed by atoms with E-state index in [2.05, 4.69) is 14.9 Å². The Kier molecular flexibility index (Phi) is 9.77. The number of amides is 1. The van der Waals surface area contributed by atoms with Gasteiger partial charge in [0.2, 0.25) is 5.91 Å². The summed E-state index contributed by atoms with van der Waals surface area (Å²) in [6.45, 7) is 1.10. The van der Waals surface area contributed by atoms with Gasteiger partial charge in [-0.25, -0.2) is 0 Å². The number of nitrogens with one attached hydrogen (secondary N) is 1. The number of carbonyl (C=O) groups is 2. The second-order valence-corrected chi connectivity index (χ2v) is 3.52. The van der Waals surface area contributed by atoms with Gasteiger partial charge in [0.1, 0.15) is 19.8 Å². The highest BCUT2D eigenvalue weighted by atomic mass is 17.0. The van der Waals surface area contributed by atoms with E-state index in [4.69, 9.17) is 0 Å². The molecule has 0 aromatic heterocycles. The maximum absolute atomic E-state index is 11.3. The first kappa shape index (κ1) is 16.9. The molecule has 0 spiro atoms. The Morgan fingerprint density at radius 1 is 1.37 bits per heavy atom. The Morgan fingerprint density at radius 3 is 2.74 bits per heavy atom. The van der Waals surface area contributed by atoms with Crippen molar-refractivity contribution < 1.29 is 24.3 Å². The van der Waals surface area contributed by atoms with Gasteiger partial charge < -0.3 is 14.9 Å². The molecule has 0 aliphatic heterocycles. The van der Waals surface area contributed by atoms with Crippen LogP contribution in [0.2, 0.25) is 0 Å². The zero-order valence-electron chi connectivity index (χ0n) is 10.8. The molecule has 0 aromatic rings. The lowest BCUT2D eigenvalue weighted by atomic mass is 10.2. The summed E-state index contributed by atoms with van der Waals surface area (Å²) in [5, 5.41) is 11.2. The van der Waals surface area contributed by atoms with Gasteiger partial charge >= 0.3 is 5.97 Å². The molecule has 0 aliphatic carbocycles. The van der Waals surface area contributed by atoms with Gasteiger partial charge in [-0.3, -0.25) is 9.59 Å². The number of carbonyl (C=O) groups excluding carboxylic acids is 2. The number of ether oxygens (including phenoxy) is 1. The second kappa shape index (κ2) is 11.0. The highest BCUT2D eigenvalue weighted by Crippen LogP contribution is 1.96. The molecule has 0 saturated carbocycles. The van der Waals surface area contributed by atoms with Crippen molar-refractivity contribution in [3.8, 4) is 0 Å². The lowest BCUT2D eigenvalue weighted by Crippen LogP contribution is -2.31. The summed E-state index contributed by atoms with van der Waals surface area (Å²) in [7, 11) is 0. The van der Waals surface area contributed by atoms with Crippen molar-refractivity contribution in [2.45, 2.75) is 26.2 Å². The van der Waals surface area contributed by atoms with Crippen LogP contribution in [0.4, 0.5) is 0 Å². The van der Waals surface area contributed by atoms with Crippen molar-refractivity contribution in [1.29, 1.82) is 0 Å². The van der Waals surface area contributed by atoms with Crippen LogP contribution >= 0.6 is 0 Å². The summed E-state index contributed by atoms with van der Waals surface area (Å²) in [6.07, 6.45) is 5.72. The van der Waals surface area contributed by atoms with Crippen LogP contribution in [-0.4, -0.2) is 36.7 Å². The van der Waals surface area contributed by atoms with E-state index in [0.717, 1.165) is 6.42 Å². The highest BCUT2D eigenvalue weighted by Gasteiger charge is 2.06. The van der Waals surface area contributed by atoms with Crippen LogP contribution in [0.25, 0.3) is 0 Å². The van der Waals surface area contributed by atoms with Crippen molar-refractivity contribution in [2.75, 3.05) is 19.8 Å². The van der Waals surface area contributed by atoms with E-state index in [0.29, 0.717) is 12.8 Å². The molecule has 1 amide bonds. The molecule has 0 fully saturated rings. The standard InChI is InChI=1S/C11H18N2O6/c1-2-3-4-5-6-10(14)12-9-11(15)18-7-8-19-13(16)17/h2-3H,4-9H2,1H3,(H,12,14)/b3-2-. The van der Waals surface area contributed by atoms with Crippen molar-refractivity contribution in [3.63, 3.8) is 0 Å². The van der Waals surface area contributed by atoms with Crippen LogP contribution in [0.15, 0.2) is 12.2 Å². The van der Waals surface area contributed by atoms with E-state index in [9.17, 15) is 19.7 Å². The monoisotopic (exact) mass is 274 g/mol. The first-order valence-electron chi connectivity index (χ1n) is 5.87. The van der Waals surface area contributed by atoms with Gasteiger partial charge in [0, 0.05) is 6.42 Å². The minimum absolute atomic E-state index is 0.225. The Bertz CT molecular complexity index is 329. The molecular formula is C11H18N2O6. The van der Waals surface area contributed by atoms with Crippen LogP contribution in [0.3, 0.4) is 0 Å². The van der Waals surface area contributed by atoms with E-state index >= 15 is 0 Å².